The third-order valence-electron chi connectivity index (χ3n) is 6.31. The third kappa shape index (κ3) is 2.48. The van der Waals surface area contributed by atoms with E-state index < -0.39 is 34.5 Å². The fourth-order valence-electron chi connectivity index (χ4n) is 4.66. The number of ether oxygens (including phenoxy) is 3. The van der Waals surface area contributed by atoms with Crippen LogP contribution in [0.3, 0.4) is 0 Å². The Kier molecular flexibility index (Phi) is 4.78. The van der Waals surface area contributed by atoms with Crippen LogP contribution < -0.4 is 4.74 Å². The minimum Gasteiger partial charge on any atom is -0.497 e. The SMILES string of the molecule is COc1ccc(C23OC(=N)C(C#N)(C2C)C(C#N)(C#N)C(c2cccc(Br)c2)O3)cc1. The fraction of sp³-hybridized carbons (Fsp3) is 0.304. The number of benzene rings is 2. The van der Waals surface area contributed by atoms with Crippen LogP contribution in [0.25, 0.3) is 0 Å². The molecule has 4 atom stereocenters. The largest absolute Gasteiger partial charge is 0.497 e. The molecule has 0 aromatic heterocycles. The van der Waals surface area contributed by atoms with E-state index in [1.54, 1.807) is 56.5 Å². The van der Waals surface area contributed by atoms with Crippen molar-refractivity contribution in [3.8, 4) is 24.0 Å². The lowest BCUT2D eigenvalue weighted by Gasteiger charge is -2.48. The number of nitrogens with one attached hydrogen (secondary N) is 1. The van der Waals surface area contributed by atoms with Gasteiger partial charge in [0.2, 0.25) is 17.1 Å². The van der Waals surface area contributed by atoms with Crippen LogP contribution in [0.4, 0.5) is 0 Å². The maximum Gasteiger partial charge on any atom is 0.244 e. The molecular formula is C23H17BrN4O3. The Morgan fingerprint density at radius 2 is 1.74 bits per heavy atom. The Balaban J connectivity index is 2.02. The van der Waals surface area contributed by atoms with Gasteiger partial charge in [-0.1, -0.05) is 35.0 Å². The normalized spacial score (nSPS) is 30.4. The lowest BCUT2D eigenvalue weighted by molar-refractivity contribution is -0.288. The van der Waals surface area contributed by atoms with E-state index in [1.807, 2.05) is 18.2 Å². The van der Waals surface area contributed by atoms with Crippen molar-refractivity contribution in [2.24, 2.45) is 16.7 Å². The summed E-state index contributed by atoms with van der Waals surface area (Å²) in [5.74, 6) is -2.16. The Morgan fingerprint density at radius 1 is 1.06 bits per heavy atom. The number of halogens is 1. The van der Waals surface area contributed by atoms with Gasteiger partial charge in [-0.2, -0.15) is 15.8 Å². The Labute approximate surface area is 188 Å². The van der Waals surface area contributed by atoms with Gasteiger partial charge < -0.3 is 14.2 Å². The highest BCUT2D eigenvalue weighted by molar-refractivity contribution is 9.10. The number of methoxy groups -OCH3 is 1. The summed E-state index contributed by atoms with van der Waals surface area (Å²) < 4.78 is 18.4. The van der Waals surface area contributed by atoms with Gasteiger partial charge in [-0.15, -0.1) is 0 Å². The van der Waals surface area contributed by atoms with Gasteiger partial charge in [0, 0.05) is 10.0 Å². The quantitative estimate of drug-likeness (QED) is 0.691. The molecule has 2 aliphatic heterocycles. The zero-order chi connectivity index (χ0) is 22.4. The van der Waals surface area contributed by atoms with E-state index in [9.17, 15) is 15.8 Å². The second-order valence-corrected chi connectivity index (χ2v) is 8.47. The van der Waals surface area contributed by atoms with Gasteiger partial charge >= 0.3 is 0 Å². The van der Waals surface area contributed by atoms with E-state index in [0.29, 0.717) is 16.9 Å². The molecule has 7 nitrogen and oxygen atoms in total. The highest BCUT2D eigenvalue weighted by Crippen LogP contribution is 2.69. The van der Waals surface area contributed by atoms with E-state index >= 15 is 0 Å². The van der Waals surface area contributed by atoms with Crippen molar-refractivity contribution in [1.82, 2.24) is 0 Å². The number of fused-ring (bicyclic) bond motifs is 2. The van der Waals surface area contributed by atoms with Gasteiger partial charge in [-0.05, 0) is 42.0 Å². The molecule has 2 saturated heterocycles. The summed E-state index contributed by atoms with van der Waals surface area (Å²) in [5, 5.41) is 39.4. The molecular weight excluding hydrogens is 460 g/mol. The molecule has 1 N–H and O–H groups in total. The molecule has 4 unspecified atom stereocenters. The first-order chi connectivity index (χ1) is 14.8. The summed E-state index contributed by atoms with van der Waals surface area (Å²) in [4.78, 5) is 0. The molecule has 0 aliphatic carbocycles. The van der Waals surface area contributed by atoms with Crippen molar-refractivity contribution in [1.29, 1.82) is 21.2 Å². The van der Waals surface area contributed by atoms with Crippen LogP contribution in [0.1, 0.15) is 24.2 Å². The fourth-order valence-corrected chi connectivity index (χ4v) is 5.08. The van der Waals surface area contributed by atoms with E-state index in [1.165, 1.54) is 0 Å². The van der Waals surface area contributed by atoms with E-state index in [-0.39, 0.29) is 0 Å². The molecule has 0 saturated carbocycles. The van der Waals surface area contributed by atoms with Crippen molar-refractivity contribution < 1.29 is 14.2 Å². The van der Waals surface area contributed by atoms with Crippen LogP contribution in [0.15, 0.2) is 53.0 Å². The smallest absolute Gasteiger partial charge is 0.244 e. The Hall–Kier alpha value is -3.38. The van der Waals surface area contributed by atoms with Gasteiger partial charge in [-0.25, -0.2) is 0 Å². The van der Waals surface area contributed by atoms with E-state index in [2.05, 4.69) is 22.0 Å². The third-order valence-corrected chi connectivity index (χ3v) is 6.81. The van der Waals surface area contributed by atoms with Crippen LogP contribution in [-0.4, -0.2) is 13.0 Å². The summed E-state index contributed by atoms with van der Waals surface area (Å²) >= 11 is 3.41. The van der Waals surface area contributed by atoms with Crippen LogP contribution in [-0.2, 0) is 15.3 Å². The zero-order valence-electron chi connectivity index (χ0n) is 16.7. The number of hydrogen-bond acceptors (Lipinski definition) is 7. The maximum atomic E-state index is 10.3. The second-order valence-electron chi connectivity index (χ2n) is 7.55. The number of nitriles is 3. The molecule has 2 fully saturated rings. The first kappa shape index (κ1) is 20.9. The number of rotatable bonds is 3. The van der Waals surface area contributed by atoms with Crippen molar-refractivity contribution in [3.63, 3.8) is 0 Å². The van der Waals surface area contributed by atoms with Crippen LogP contribution in [0, 0.1) is 56.2 Å². The Bertz CT molecular complexity index is 1180. The van der Waals surface area contributed by atoms with Gasteiger partial charge in [-0.3, -0.25) is 5.41 Å². The predicted octanol–water partition coefficient (Wildman–Crippen LogP) is 4.57. The van der Waals surface area contributed by atoms with Gasteiger partial charge in [0.1, 0.15) is 11.9 Å². The summed E-state index contributed by atoms with van der Waals surface area (Å²) in [6.07, 6.45) is -1.14. The van der Waals surface area contributed by atoms with E-state index in [4.69, 9.17) is 19.6 Å². The minimum atomic E-state index is -1.99. The first-order valence-corrected chi connectivity index (χ1v) is 10.2. The average Bonchev–Trinajstić information content (AvgIpc) is 2.95. The number of hydrogen-bond donors (Lipinski definition) is 1. The van der Waals surface area contributed by atoms with Gasteiger partial charge in [0.25, 0.3) is 0 Å². The highest BCUT2D eigenvalue weighted by Gasteiger charge is 2.79. The molecule has 154 valence electrons. The predicted molar refractivity (Wildman–Crippen MR) is 112 cm³/mol. The molecule has 0 amide bonds. The van der Waals surface area contributed by atoms with Crippen molar-refractivity contribution in [2.75, 3.05) is 7.11 Å². The topological polar surface area (TPSA) is 123 Å². The van der Waals surface area contributed by atoms with Crippen LogP contribution >= 0.6 is 15.9 Å². The van der Waals surface area contributed by atoms with Crippen molar-refractivity contribution in [2.45, 2.75) is 18.8 Å². The Morgan fingerprint density at radius 3 is 2.29 bits per heavy atom. The molecule has 2 aliphatic rings. The lowest BCUT2D eigenvalue weighted by Crippen LogP contribution is -2.57. The van der Waals surface area contributed by atoms with Crippen molar-refractivity contribution in [3.05, 3.63) is 64.1 Å². The van der Waals surface area contributed by atoms with E-state index in [0.717, 1.165) is 4.47 Å². The van der Waals surface area contributed by atoms with Gasteiger partial charge in [0.15, 0.2) is 5.41 Å². The highest BCUT2D eigenvalue weighted by atomic mass is 79.9. The first-order valence-electron chi connectivity index (χ1n) is 9.45. The summed E-state index contributed by atoms with van der Waals surface area (Å²) in [5.41, 5.74) is -2.74. The maximum absolute atomic E-state index is 10.3. The standard InChI is InChI=1S/C23H17BrN4O3/c1-14-22(13-27)20(28)31-23(14,16-6-8-18(29-2)9-7-16)30-19(21(22,11-25)12-26)15-4-3-5-17(24)10-15/h3-10,14,19,28H,1-2H3. The lowest BCUT2D eigenvalue weighted by atomic mass is 9.53. The monoisotopic (exact) mass is 476 g/mol. The van der Waals surface area contributed by atoms with Crippen LogP contribution in [0.2, 0.25) is 0 Å². The molecule has 2 aromatic rings. The molecule has 0 radical (unpaired) electrons. The second kappa shape index (κ2) is 7.10. The molecule has 2 heterocycles. The molecule has 8 heteroatoms. The zero-order valence-corrected chi connectivity index (χ0v) is 18.3. The van der Waals surface area contributed by atoms with Crippen LogP contribution in [0.5, 0.6) is 5.75 Å². The minimum absolute atomic E-state index is 0.445. The van der Waals surface area contributed by atoms with Crippen molar-refractivity contribution >= 4 is 21.8 Å². The molecule has 2 bridgehead atoms. The van der Waals surface area contributed by atoms with Gasteiger partial charge in [0.05, 0.1) is 31.2 Å². The average molecular weight is 477 g/mol. The molecule has 0 spiro atoms. The molecule has 2 aromatic carbocycles. The molecule has 4 rings (SSSR count). The summed E-state index contributed by atoms with van der Waals surface area (Å²) in [6, 6.07) is 20.1. The molecule has 31 heavy (non-hydrogen) atoms. The number of nitrogens with zero attached hydrogens (tertiary/aromatic N) is 3. The summed E-state index contributed by atoms with van der Waals surface area (Å²) in [7, 11) is 1.55. The summed E-state index contributed by atoms with van der Waals surface area (Å²) in [6.45, 7) is 1.68.